The molecule has 1 aromatic rings. The summed E-state index contributed by atoms with van der Waals surface area (Å²) in [6, 6.07) is 0. The van der Waals surface area contributed by atoms with Crippen molar-refractivity contribution in [3.8, 4) is 11.5 Å². The number of fused-ring (bicyclic) bond motifs is 1. The molecule has 1 aliphatic heterocycles. The minimum atomic E-state index is -0.500. The Hall–Kier alpha value is -1.22. The quantitative estimate of drug-likeness (QED) is 0.387. The standard InChI is InChI=1S/C17H19IO5S/c1-9(5-7-13(19)24-18)4-6-11-15(20)14-12(8-23-17(14)21)10(2)16(11)22-3/h4,20H,5-8H2,1-3H3/b9-4+. The van der Waals surface area contributed by atoms with Gasteiger partial charge in [0.1, 0.15) is 23.7 Å². The zero-order valence-corrected chi connectivity index (χ0v) is 16.7. The van der Waals surface area contributed by atoms with Crippen molar-refractivity contribution < 1.29 is 24.2 Å². The van der Waals surface area contributed by atoms with Gasteiger partial charge in [0.05, 0.1) is 7.11 Å². The lowest BCUT2D eigenvalue weighted by molar-refractivity contribution is -0.110. The Kier molecular flexibility index (Phi) is 6.56. The van der Waals surface area contributed by atoms with Gasteiger partial charge >= 0.3 is 5.97 Å². The highest BCUT2D eigenvalue weighted by atomic mass is 127. The fraction of sp³-hybridized carbons (Fsp3) is 0.412. The van der Waals surface area contributed by atoms with Gasteiger partial charge in [0.2, 0.25) is 0 Å². The summed E-state index contributed by atoms with van der Waals surface area (Å²) in [6.45, 7) is 3.97. The first-order valence-electron chi connectivity index (χ1n) is 7.46. The number of rotatable bonds is 6. The number of hydrogen-bond donors (Lipinski definition) is 1. The van der Waals surface area contributed by atoms with Crippen LogP contribution in [0.25, 0.3) is 0 Å². The number of halogens is 1. The van der Waals surface area contributed by atoms with Gasteiger partial charge in [-0.1, -0.05) is 11.6 Å². The third kappa shape index (κ3) is 3.88. The topological polar surface area (TPSA) is 72.8 Å². The van der Waals surface area contributed by atoms with Crippen molar-refractivity contribution in [1.29, 1.82) is 0 Å². The molecule has 0 saturated heterocycles. The maximum absolute atomic E-state index is 11.9. The third-order valence-corrected chi connectivity index (χ3v) is 5.96. The van der Waals surface area contributed by atoms with Crippen LogP contribution in [0.4, 0.5) is 0 Å². The summed E-state index contributed by atoms with van der Waals surface area (Å²) in [5.74, 6) is 0.00487. The summed E-state index contributed by atoms with van der Waals surface area (Å²) in [5.41, 5.74) is 3.36. The molecule has 2 rings (SSSR count). The van der Waals surface area contributed by atoms with E-state index in [-0.39, 0.29) is 23.0 Å². The molecule has 0 spiro atoms. The molecule has 0 amide bonds. The van der Waals surface area contributed by atoms with Gasteiger partial charge in [-0.15, -0.1) is 0 Å². The number of methoxy groups -OCH3 is 1. The summed E-state index contributed by atoms with van der Waals surface area (Å²) >= 11 is 1.98. The number of cyclic esters (lactones) is 1. The Morgan fingerprint density at radius 3 is 2.79 bits per heavy atom. The average Bonchev–Trinajstić information content (AvgIpc) is 2.96. The number of carbonyl (C=O) groups excluding carboxylic acids is 2. The number of ether oxygens (including phenoxy) is 2. The molecule has 5 nitrogen and oxygen atoms in total. The first-order chi connectivity index (χ1) is 11.4. The smallest absolute Gasteiger partial charge is 0.342 e. The van der Waals surface area contributed by atoms with Crippen LogP contribution in [0.2, 0.25) is 0 Å². The van der Waals surface area contributed by atoms with Gasteiger partial charge in [-0.3, -0.25) is 4.79 Å². The molecular weight excluding hydrogens is 443 g/mol. The molecule has 0 radical (unpaired) electrons. The van der Waals surface area contributed by atoms with Crippen molar-refractivity contribution in [2.45, 2.75) is 39.7 Å². The Morgan fingerprint density at radius 1 is 1.46 bits per heavy atom. The molecule has 0 unspecified atom stereocenters. The predicted molar refractivity (Wildman–Crippen MR) is 102 cm³/mol. The molecular formula is C17H19IO5S. The van der Waals surface area contributed by atoms with Crippen molar-refractivity contribution in [1.82, 2.24) is 0 Å². The van der Waals surface area contributed by atoms with E-state index in [2.05, 4.69) is 0 Å². The van der Waals surface area contributed by atoms with Crippen LogP contribution in [0.1, 0.15) is 46.8 Å². The van der Waals surface area contributed by atoms with Gasteiger partial charge in [0.15, 0.2) is 5.12 Å². The SMILES string of the molecule is COc1c(C)c2c(c(O)c1C/C=C(\C)CCC(=O)SI)C(=O)OC2. The molecule has 7 heteroatoms. The third-order valence-electron chi connectivity index (χ3n) is 4.11. The molecule has 1 aliphatic rings. The minimum Gasteiger partial charge on any atom is -0.507 e. The number of aromatic hydroxyl groups is 1. The molecule has 130 valence electrons. The van der Waals surface area contributed by atoms with Gasteiger partial charge in [-0.05, 0) is 41.2 Å². The molecule has 0 atom stereocenters. The van der Waals surface area contributed by atoms with Crippen LogP contribution in [0.15, 0.2) is 11.6 Å². The first kappa shape index (κ1) is 19.1. The highest BCUT2D eigenvalue weighted by molar-refractivity contribution is 14.2. The van der Waals surface area contributed by atoms with Crippen LogP contribution in [-0.2, 0) is 22.6 Å². The summed E-state index contributed by atoms with van der Waals surface area (Å²) in [5, 5.41) is 10.7. The molecule has 24 heavy (non-hydrogen) atoms. The van der Waals surface area contributed by atoms with E-state index in [4.69, 9.17) is 9.47 Å². The van der Waals surface area contributed by atoms with Crippen LogP contribution in [0.3, 0.4) is 0 Å². The second kappa shape index (κ2) is 8.24. The fourth-order valence-electron chi connectivity index (χ4n) is 2.74. The van der Waals surface area contributed by atoms with Crippen LogP contribution >= 0.6 is 30.1 Å². The number of phenols is 1. The zero-order chi connectivity index (χ0) is 17.9. The zero-order valence-electron chi connectivity index (χ0n) is 13.8. The number of benzene rings is 1. The summed E-state index contributed by atoms with van der Waals surface area (Å²) in [7, 11) is 2.74. The second-order valence-corrected chi connectivity index (χ2v) is 7.55. The van der Waals surface area contributed by atoms with E-state index in [1.54, 1.807) is 7.11 Å². The number of allylic oxidation sites excluding steroid dienone is 2. The van der Waals surface area contributed by atoms with Crippen molar-refractivity contribution in [2.75, 3.05) is 7.11 Å². The van der Waals surface area contributed by atoms with Gasteiger partial charge in [0, 0.05) is 38.8 Å². The van der Waals surface area contributed by atoms with E-state index in [1.807, 2.05) is 41.1 Å². The van der Waals surface area contributed by atoms with E-state index in [0.717, 1.165) is 11.1 Å². The average molecular weight is 462 g/mol. The molecule has 0 bridgehead atoms. The normalized spacial score (nSPS) is 13.7. The highest BCUT2D eigenvalue weighted by Crippen LogP contribution is 2.42. The molecule has 0 aliphatic carbocycles. The van der Waals surface area contributed by atoms with Crippen molar-refractivity contribution in [3.63, 3.8) is 0 Å². The number of carbonyl (C=O) groups is 2. The molecule has 1 heterocycles. The van der Waals surface area contributed by atoms with Gasteiger partial charge in [-0.25, -0.2) is 4.79 Å². The number of phenolic OH excluding ortho intramolecular Hbond substituents is 1. The van der Waals surface area contributed by atoms with Crippen LogP contribution in [0, 0.1) is 6.92 Å². The van der Waals surface area contributed by atoms with E-state index in [1.165, 1.54) is 8.93 Å². The van der Waals surface area contributed by atoms with Crippen molar-refractivity contribution in [3.05, 3.63) is 33.9 Å². The van der Waals surface area contributed by atoms with Crippen LogP contribution < -0.4 is 4.74 Å². The molecule has 0 aromatic heterocycles. The van der Waals surface area contributed by atoms with Crippen molar-refractivity contribution >= 4 is 41.2 Å². The summed E-state index contributed by atoms with van der Waals surface area (Å²) < 4.78 is 10.5. The molecule has 1 aromatic carbocycles. The summed E-state index contributed by atoms with van der Waals surface area (Å²) in [6.07, 6.45) is 3.53. The number of hydrogen-bond acceptors (Lipinski definition) is 6. The maximum atomic E-state index is 11.9. The van der Waals surface area contributed by atoms with Crippen LogP contribution in [0.5, 0.6) is 11.5 Å². The first-order valence-corrected chi connectivity index (χ1v) is 10.8. The Balaban J connectivity index is 2.30. The summed E-state index contributed by atoms with van der Waals surface area (Å²) in [4.78, 5) is 23.2. The fourth-order valence-corrected chi connectivity index (χ4v) is 3.58. The van der Waals surface area contributed by atoms with E-state index >= 15 is 0 Å². The van der Waals surface area contributed by atoms with Gasteiger partial charge in [-0.2, -0.15) is 0 Å². The van der Waals surface area contributed by atoms with Crippen molar-refractivity contribution in [2.24, 2.45) is 0 Å². The molecule has 0 saturated carbocycles. The largest absolute Gasteiger partial charge is 0.507 e. The van der Waals surface area contributed by atoms with E-state index in [9.17, 15) is 14.7 Å². The maximum Gasteiger partial charge on any atom is 0.342 e. The second-order valence-electron chi connectivity index (χ2n) is 5.62. The predicted octanol–water partition coefficient (Wildman–Crippen LogP) is 4.26. The molecule has 0 fully saturated rings. The van der Waals surface area contributed by atoms with E-state index < -0.39 is 5.97 Å². The van der Waals surface area contributed by atoms with Gasteiger partial charge < -0.3 is 14.6 Å². The molecule has 1 N–H and O–H groups in total. The Morgan fingerprint density at radius 2 is 2.17 bits per heavy atom. The Labute approximate surface area is 157 Å². The van der Waals surface area contributed by atoms with E-state index in [0.29, 0.717) is 36.1 Å². The monoisotopic (exact) mass is 462 g/mol. The number of esters is 1. The van der Waals surface area contributed by atoms with Gasteiger partial charge in [0.25, 0.3) is 0 Å². The minimum absolute atomic E-state index is 0.0714. The lowest BCUT2D eigenvalue weighted by Gasteiger charge is -2.15. The Bertz CT molecular complexity index is 712. The van der Waals surface area contributed by atoms with Crippen LogP contribution in [-0.4, -0.2) is 23.3 Å². The highest BCUT2D eigenvalue weighted by Gasteiger charge is 2.31. The lowest BCUT2D eigenvalue weighted by Crippen LogP contribution is -2.03. The lowest BCUT2D eigenvalue weighted by atomic mass is 9.94.